The average Bonchev–Trinajstić information content (AvgIpc) is 2.55. The molecule has 0 amide bonds. The third-order valence-corrected chi connectivity index (χ3v) is 11.4. The molecule has 4 N–H and O–H groups in total. The van der Waals surface area contributed by atoms with Crippen LogP contribution in [0.1, 0.15) is 47.5 Å². The minimum absolute atomic E-state index is 0.0793. The van der Waals surface area contributed by atoms with Gasteiger partial charge < -0.3 is 24.9 Å². The van der Waals surface area contributed by atoms with Gasteiger partial charge in [0.05, 0.1) is 24.9 Å². The summed E-state index contributed by atoms with van der Waals surface area (Å²) in [7, 11) is -1.97. The van der Waals surface area contributed by atoms with E-state index < -0.39 is 31.4 Å². The summed E-state index contributed by atoms with van der Waals surface area (Å²) in [4.78, 5) is 0. The summed E-state index contributed by atoms with van der Waals surface area (Å²) in [6.45, 7) is 14.9. The van der Waals surface area contributed by atoms with Crippen LogP contribution >= 0.6 is 0 Å². The lowest BCUT2D eigenvalue weighted by molar-refractivity contribution is -0.159. The van der Waals surface area contributed by atoms with Crippen LogP contribution in [0.5, 0.6) is 0 Å². The molecule has 26 heavy (non-hydrogen) atoms. The van der Waals surface area contributed by atoms with Crippen LogP contribution in [0.15, 0.2) is 12.2 Å². The predicted molar refractivity (Wildman–Crippen MR) is 107 cm³/mol. The maximum atomic E-state index is 11.6. The Hall–Kier alpha value is -0.243. The minimum Gasteiger partial charge on any atom is -0.416 e. The van der Waals surface area contributed by atoms with Crippen molar-refractivity contribution in [3.05, 3.63) is 12.2 Å². The van der Waals surface area contributed by atoms with Crippen molar-refractivity contribution in [2.24, 2.45) is 17.3 Å². The monoisotopic (exact) mass is 388 g/mol. The molecule has 1 fully saturated rings. The van der Waals surface area contributed by atoms with Crippen LogP contribution in [-0.4, -0.2) is 60.3 Å². The van der Waals surface area contributed by atoms with Crippen LogP contribution in [0.3, 0.4) is 0 Å². The Bertz CT molecular complexity index is 483. The van der Waals surface area contributed by atoms with Crippen molar-refractivity contribution in [3.63, 3.8) is 0 Å². The van der Waals surface area contributed by atoms with Crippen LogP contribution in [0, 0.1) is 17.3 Å². The zero-order valence-electron chi connectivity index (χ0n) is 17.6. The largest absolute Gasteiger partial charge is 0.416 e. The lowest BCUT2D eigenvalue weighted by atomic mass is 9.59. The second-order valence-electron chi connectivity index (χ2n) is 9.81. The molecule has 154 valence electrons. The van der Waals surface area contributed by atoms with Gasteiger partial charge in [-0.3, -0.25) is 0 Å². The molecular formula is C20H40O5Si. The summed E-state index contributed by atoms with van der Waals surface area (Å²) >= 11 is 0. The molecule has 0 bridgehead atoms. The van der Waals surface area contributed by atoms with Gasteiger partial charge in [0.2, 0.25) is 0 Å². The van der Waals surface area contributed by atoms with E-state index in [0.717, 1.165) is 0 Å². The summed E-state index contributed by atoms with van der Waals surface area (Å²) < 4.78 is 6.44. The first-order chi connectivity index (χ1) is 11.7. The lowest BCUT2D eigenvalue weighted by Gasteiger charge is -2.53. The minimum atomic E-state index is -1.97. The van der Waals surface area contributed by atoms with E-state index in [9.17, 15) is 20.4 Å². The molecule has 1 saturated carbocycles. The maximum Gasteiger partial charge on any atom is 0.192 e. The van der Waals surface area contributed by atoms with Crippen molar-refractivity contribution < 1.29 is 24.9 Å². The van der Waals surface area contributed by atoms with E-state index in [4.69, 9.17) is 4.43 Å². The van der Waals surface area contributed by atoms with E-state index in [1.807, 2.05) is 13.8 Å². The fourth-order valence-electron chi connectivity index (χ4n) is 3.32. The van der Waals surface area contributed by atoms with Crippen LogP contribution in [0.25, 0.3) is 0 Å². The highest BCUT2D eigenvalue weighted by Gasteiger charge is 2.55. The number of hydrogen-bond donors (Lipinski definition) is 4. The van der Waals surface area contributed by atoms with Gasteiger partial charge in [0.15, 0.2) is 8.32 Å². The number of aliphatic hydroxyl groups is 4. The van der Waals surface area contributed by atoms with E-state index >= 15 is 0 Å². The van der Waals surface area contributed by atoms with Crippen molar-refractivity contribution >= 4 is 8.32 Å². The van der Waals surface area contributed by atoms with Gasteiger partial charge in [0.1, 0.15) is 0 Å². The van der Waals surface area contributed by atoms with Crippen molar-refractivity contribution in [1.82, 2.24) is 0 Å². The van der Waals surface area contributed by atoms with Gasteiger partial charge in [-0.2, -0.15) is 0 Å². The molecule has 0 radical (unpaired) electrons. The van der Waals surface area contributed by atoms with Crippen molar-refractivity contribution in [1.29, 1.82) is 0 Å². The van der Waals surface area contributed by atoms with E-state index in [-0.39, 0.29) is 24.2 Å². The van der Waals surface area contributed by atoms with E-state index in [0.29, 0.717) is 19.4 Å². The third kappa shape index (κ3) is 4.78. The van der Waals surface area contributed by atoms with Gasteiger partial charge in [-0.05, 0) is 31.0 Å². The summed E-state index contributed by atoms with van der Waals surface area (Å²) in [5.41, 5.74) is -1.82. The van der Waals surface area contributed by atoms with Crippen LogP contribution in [0.4, 0.5) is 0 Å². The zero-order chi connectivity index (χ0) is 20.4. The average molecular weight is 389 g/mol. The van der Waals surface area contributed by atoms with E-state index in [1.54, 1.807) is 12.2 Å². The van der Waals surface area contributed by atoms with Gasteiger partial charge in [-0.1, -0.05) is 46.8 Å². The smallest absolute Gasteiger partial charge is 0.192 e. The maximum absolute atomic E-state index is 11.6. The molecule has 6 heteroatoms. The Kier molecular flexibility index (Phi) is 7.70. The van der Waals surface area contributed by atoms with Gasteiger partial charge in [0.25, 0.3) is 0 Å². The molecule has 1 aliphatic rings. The molecule has 0 aromatic rings. The molecule has 0 heterocycles. The van der Waals surface area contributed by atoms with Crippen LogP contribution in [-0.2, 0) is 4.43 Å². The number of rotatable bonds is 7. The van der Waals surface area contributed by atoms with Gasteiger partial charge >= 0.3 is 0 Å². The van der Waals surface area contributed by atoms with Gasteiger partial charge in [-0.25, -0.2) is 0 Å². The topological polar surface area (TPSA) is 90.2 Å². The van der Waals surface area contributed by atoms with E-state index in [2.05, 4.69) is 33.9 Å². The summed E-state index contributed by atoms with van der Waals surface area (Å²) in [5, 5.41) is 40.7. The normalized spacial score (nSPS) is 34.0. The second-order valence-corrected chi connectivity index (χ2v) is 14.6. The molecule has 0 aromatic heterocycles. The molecule has 1 rings (SSSR count). The Morgan fingerprint density at radius 2 is 1.77 bits per heavy atom. The number of hydrogen-bond acceptors (Lipinski definition) is 5. The first-order valence-electron chi connectivity index (χ1n) is 9.69. The zero-order valence-corrected chi connectivity index (χ0v) is 18.6. The van der Waals surface area contributed by atoms with Crippen molar-refractivity contribution in [2.75, 3.05) is 19.8 Å². The Labute approximate surface area is 160 Å². The third-order valence-electron chi connectivity index (χ3n) is 6.88. The summed E-state index contributed by atoms with van der Waals surface area (Å²) in [6.07, 6.45) is 4.02. The highest BCUT2D eigenvalue weighted by atomic mass is 28.4. The first-order valence-corrected chi connectivity index (χ1v) is 12.6. The molecule has 0 aliphatic heterocycles. The molecule has 0 spiro atoms. The quantitative estimate of drug-likeness (QED) is 0.398. The molecule has 0 saturated heterocycles. The molecule has 4 atom stereocenters. The molecule has 0 aromatic carbocycles. The van der Waals surface area contributed by atoms with E-state index in [1.165, 1.54) is 0 Å². The first kappa shape index (κ1) is 23.8. The second kappa shape index (κ2) is 8.41. The standard InChI is InChI=1S/C20H40O5Si/c1-15-17(23)9-10-19(5,14-25-26(6,7)18(2,3)4)20(15,24)11-8-16(12-21)13-22/h8,11,15-17,21-24H,9-10,12-14H2,1-7H3/b11-8+/t15-,17+,19-,20+/m1/s1. The fourth-order valence-corrected chi connectivity index (χ4v) is 4.43. The van der Waals surface area contributed by atoms with Crippen LogP contribution in [0.2, 0.25) is 18.1 Å². The summed E-state index contributed by atoms with van der Waals surface area (Å²) in [6, 6.07) is 0. The highest BCUT2D eigenvalue weighted by molar-refractivity contribution is 6.74. The molecule has 1 aliphatic carbocycles. The molecule has 0 unspecified atom stereocenters. The predicted octanol–water partition coefficient (Wildman–Crippen LogP) is 2.69. The Morgan fingerprint density at radius 3 is 2.23 bits per heavy atom. The molecule has 5 nitrogen and oxygen atoms in total. The number of aliphatic hydroxyl groups excluding tert-OH is 3. The van der Waals surface area contributed by atoms with Gasteiger partial charge in [-0.15, -0.1) is 0 Å². The lowest BCUT2D eigenvalue weighted by Crippen LogP contribution is -2.60. The fraction of sp³-hybridized carbons (Fsp3) is 0.900. The Balaban J connectivity index is 3.14. The Morgan fingerprint density at radius 1 is 1.23 bits per heavy atom. The van der Waals surface area contributed by atoms with Crippen molar-refractivity contribution in [2.45, 2.75) is 77.3 Å². The molecular weight excluding hydrogens is 348 g/mol. The van der Waals surface area contributed by atoms with Crippen LogP contribution < -0.4 is 0 Å². The van der Waals surface area contributed by atoms with Crippen molar-refractivity contribution in [3.8, 4) is 0 Å². The SMILES string of the molecule is C[C@@H]1[C@@H](O)CC[C@](C)(CO[Si](C)(C)C(C)(C)C)[C@]1(O)/C=C/C(CO)CO. The van der Waals surface area contributed by atoms with Gasteiger partial charge in [0, 0.05) is 23.9 Å². The highest BCUT2D eigenvalue weighted by Crippen LogP contribution is 2.50. The summed E-state index contributed by atoms with van der Waals surface area (Å²) in [5.74, 6) is -0.783.